The molecule has 0 radical (unpaired) electrons. The van der Waals surface area contributed by atoms with Crippen molar-refractivity contribution in [1.82, 2.24) is 13.9 Å². The second kappa shape index (κ2) is 7.70. The van der Waals surface area contributed by atoms with Gasteiger partial charge in [-0.25, -0.2) is 17.4 Å². The van der Waals surface area contributed by atoms with E-state index in [4.69, 9.17) is 0 Å². The van der Waals surface area contributed by atoms with Crippen molar-refractivity contribution in [3.63, 3.8) is 0 Å². The van der Waals surface area contributed by atoms with E-state index in [0.717, 1.165) is 10.0 Å². The molecule has 152 valence electrons. The van der Waals surface area contributed by atoms with Gasteiger partial charge in [-0.15, -0.1) is 0 Å². The predicted octanol–water partition coefficient (Wildman–Crippen LogP) is 4.40. The van der Waals surface area contributed by atoms with E-state index in [1.165, 1.54) is 8.87 Å². The van der Waals surface area contributed by atoms with Gasteiger partial charge in [-0.1, -0.05) is 30.3 Å². The summed E-state index contributed by atoms with van der Waals surface area (Å²) in [5, 5.41) is 0.690. The average Bonchev–Trinajstić information content (AvgIpc) is 3.13. The number of nitrogens with zero attached hydrogens (tertiary/aromatic N) is 3. The lowest BCUT2D eigenvalue weighted by Crippen LogP contribution is -2.21. The molecule has 4 aromatic rings. The van der Waals surface area contributed by atoms with Gasteiger partial charge < -0.3 is 4.90 Å². The van der Waals surface area contributed by atoms with Crippen LogP contribution in [0.25, 0.3) is 22.2 Å². The summed E-state index contributed by atoms with van der Waals surface area (Å²) >= 11 is 3.42. The van der Waals surface area contributed by atoms with E-state index in [1.54, 1.807) is 69.0 Å². The lowest BCUT2D eigenvalue weighted by atomic mass is 10.0. The maximum Gasteiger partial charge on any atom is 0.269 e. The summed E-state index contributed by atoms with van der Waals surface area (Å²) in [4.78, 5) is 18.2. The molecule has 8 heteroatoms. The summed E-state index contributed by atoms with van der Waals surface area (Å²) in [5.41, 5.74) is 2.40. The second-order valence-electron chi connectivity index (χ2n) is 6.96. The van der Waals surface area contributed by atoms with Crippen molar-refractivity contribution in [1.29, 1.82) is 0 Å². The third-order valence-corrected chi connectivity index (χ3v) is 6.83. The number of fused-ring (bicyclic) bond motifs is 1. The Morgan fingerprint density at radius 3 is 2.33 bits per heavy atom. The van der Waals surface area contributed by atoms with Crippen molar-refractivity contribution in [2.24, 2.45) is 0 Å². The van der Waals surface area contributed by atoms with Gasteiger partial charge >= 0.3 is 0 Å². The zero-order valence-electron chi connectivity index (χ0n) is 16.3. The molecule has 0 spiro atoms. The van der Waals surface area contributed by atoms with Crippen LogP contribution in [-0.4, -0.2) is 42.3 Å². The Bertz CT molecular complexity index is 1350. The van der Waals surface area contributed by atoms with Crippen LogP contribution in [0, 0.1) is 0 Å². The molecule has 0 aliphatic carbocycles. The number of benzene rings is 2. The molecule has 0 atom stereocenters. The maximum absolute atomic E-state index is 13.3. The zero-order chi connectivity index (χ0) is 21.5. The van der Waals surface area contributed by atoms with E-state index >= 15 is 0 Å². The Kier molecular flexibility index (Phi) is 5.21. The number of carbonyl (C=O) groups is 1. The monoisotopic (exact) mass is 483 g/mol. The number of hydrogen-bond donors (Lipinski definition) is 0. The van der Waals surface area contributed by atoms with Crippen LogP contribution in [0.1, 0.15) is 10.4 Å². The molecule has 1 amide bonds. The highest BCUT2D eigenvalue weighted by atomic mass is 79.9. The highest BCUT2D eigenvalue weighted by Gasteiger charge is 2.23. The van der Waals surface area contributed by atoms with Gasteiger partial charge in [0.2, 0.25) is 0 Å². The molecule has 30 heavy (non-hydrogen) atoms. The summed E-state index contributed by atoms with van der Waals surface area (Å²) in [6.07, 6.45) is 3.15. The molecule has 0 aliphatic heterocycles. The molecular formula is C22H18BrN3O3S. The number of hydrogen-bond acceptors (Lipinski definition) is 4. The van der Waals surface area contributed by atoms with Gasteiger partial charge in [0.1, 0.15) is 0 Å². The van der Waals surface area contributed by atoms with E-state index in [2.05, 4.69) is 20.9 Å². The molecular weight excluding hydrogens is 466 g/mol. The van der Waals surface area contributed by atoms with Gasteiger partial charge in [-0.2, -0.15) is 0 Å². The number of pyridine rings is 1. The van der Waals surface area contributed by atoms with Crippen LogP contribution < -0.4 is 0 Å². The van der Waals surface area contributed by atoms with Gasteiger partial charge in [0, 0.05) is 47.5 Å². The highest BCUT2D eigenvalue weighted by molar-refractivity contribution is 9.10. The number of amides is 1. The summed E-state index contributed by atoms with van der Waals surface area (Å²) in [7, 11) is -0.428. The van der Waals surface area contributed by atoms with Crippen molar-refractivity contribution >= 4 is 42.9 Å². The van der Waals surface area contributed by atoms with Crippen molar-refractivity contribution in [3.8, 4) is 11.1 Å². The van der Waals surface area contributed by atoms with Gasteiger partial charge in [-0.3, -0.25) is 4.79 Å². The van der Waals surface area contributed by atoms with E-state index in [1.807, 2.05) is 18.2 Å². The SMILES string of the molecule is CN(C)C(=O)c1ccc(-c2cn(S(=O)(=O)c3ccccc3)c3ncc(Br)cc23)cc1. The summed E-state index contributed by atoms with van der Waals surface area (Å²) in [6, 6.07) is 17.2. The molecule has 2 aromatic carbocycles. The quantitative estimate of drug-likeness (QED) is 0.431. The van der Waals surface area contributed by atoms with Crippen molar-refractivity contribution in [2.45, 2.75) is 4.90 Å². The van der Waals surface area contributed by atoms with Gasteiger partial charge in [0.05, 0.1) is 4.90 Å². The Hall–Kier alpha value is -2.97. The van der Waals surface area contributed by atoms with Crippen LogP contribution in [-0.2, 0) is 10.0 Å². The van der Waals surface area contributed by atoms with E-state index < -0.39 is 10.0 Å². The molecule has 6 nitrogen and oxygen atoms in total. The molecule has 4 rings (SSSR count). The van der Waals surface area contributed by atoms with Crippen LogP contribution in [0.15, 0.2) is 82.4 Å². The van der Waals surface area contributed by atoms with Crippen LogP contribution in [0.4, 0.5) is 0 Å². The topological polar surface area (TPSA) is 72.3 Å². The Balaban J connectivity index is 1.90. The maximum atomic E-state index is 13.3. The molecule has 0 fully saturated rings. The molecule has 0 unspecified atom stereocenters. The first-order valence-corrected chi connectivity index (χ1v) is 11.3. The van der Waals surface area contributed by atoms with Gasteiger partial charge in [0.25, 0.3) is 15.9 Å². The first kappa shape index (κ1) is 20.3. The van der Waals surface area contributed by atoms with E-state index in [9.17, 15) is 13.2 Å². The fourth-order valence-electron chi connectivity index (χ4n) is 3.22. The first-order valence-electron chi connectivity index (χ1n) is 9.08. The van der Waals surface area contributed by atoms with E-state index in [-0.39, 0.29) is 10.8 Å². The molecule has 0 saturated heterocycles. The Labute approximate surface area is 183 Å². The highest BCUT2D eigenvalue weighted by Crippen LogP contribution is 2.33. The van der Waals surface area contributed by atoms with Crippen molar-refractivity contribution < 1.29 is 13.2 Å². The minimum absolute atomic E-state index is 0.0972. The van der Waals surface area contributed by atoms with Crippen LogP contribution in [0.3, 0.4) is 0 Å². The lowest BCUT2D eigenvalue weighted by Gasteiger charge is -2.10. The molecule has 0 saturated carbocycles. The number of carbonyl (C=O) groups excluding carboxylic acids is 1. The normalized spacial score (nSPS) is 11.6. The fraction of sp³-hybridized carbons (Fsp3) is 0.0909. The standard InChI is InChI=1S/C22H18BrN3O3S/c1-25(2)22(27)16-10-8-15(9-11-16)20-14-26(21-19(20)12-17(23)13-24-21)30(28,29)18-6-4-3-5-7-18/h3-14H,1-2H3. The molecule has 0 N–H and O–H groups in total. The summed E-state index contributed by atoms with van der Waals surface area (Å²) in [5.74, 6) is -0.0972. The predicted molar refractivity (Wildman–Crippen MR) is 120 cm³/mol. The number of halogens is 1. The molecule has 0 bridgehead atoms. The van der Waals surface area contributed by atoms with Crippen molar-refractivity contribution in [2.75, 3.05) is 14.1 Å². The second-order valence-corrected chi connectivity index (χ2v) is 9.69. The smallest absolute Gasteiger partial charge is 0.269 e. The zero-order valence-corrected chi connectivity index (χ0v) is 18.7. The van der Waals surface area contributed by atoms with Crippen molar-refractivity contribution in [3.05, 3.63) is 83.1 Å². The molecule has 2 heterocycles. The van der Waals surface area contributed by atoms with Gasteiger partial charge in [-0.05, 0) is 51.8 Å². The Morgan fingerprint density at radius 1 is 1.03 bits per heavy atom. The fourth-order valence-corrected chi connectivity index (χ4v) is 4.90. The minimum atomic E-state index is -3.82. The van der Waals surface area contributed by atoms with Crippen LogP contribution >= 0.6 is 15.9 Å². The third kappa shape index (κ3) is 3.53. The molecule has 0 aliphatic rings. The van der Waals surface area contributed by atoms with Crippen LogP contribution in [0.5, 0.6) is 0 Å². The lowest BCUT2D eigenvalue weighted by molar-refractivity contribution is 0.0827. The number of aromatic nitrogens is 2. The summed E-state index contributed by atoms with van der Waals surface area (Å²) in [6.45, 7) is 0. The van der Waals surface area contributed by atoms with Crippen LogP contribution in [0.2, 0.25) is 0 Å². The largest absolute Gasteiger partial charge is 0.345 e. The first-order chi connectivity index (χ1) is 14.3. The van der Waals surface area contributed by atoms with E-state index in [0.29, 0.717) is 22.2 Å². The third-order valence-electron chi connectivity index (χ3n) is 4.73. The summed E-state index contributed by atoms with van der Waals surface area (Å²) < 4.78 is 28.5. The number of rotatable bonds is 4. The Morgan fingerprint density at radius 2 is 1.70 bits per heavy atom. The minimum Gasteiger partial charge on any atom is -0.345 e. The molecule has 2 aromatic heterocycles. The average molecular weight is 484 g/mol. The van der Waals surface area contributed by atoms with Gasteiger partial charge in [0.15, 0.2) is 5.65 Å².